The lowest BCUT2D eigenvalue weighted by Gasteiger charge is -2.09. The van der Waals surface area contributed by atoms with Gasteiger partial charge in [-0.25, -0.2) is 18.2 Å². The molecular formula is C22H14BrF3N4O2. The highest BCUT2D eigenvalue weighted by molar-refractivity contribution is 9.10. The highest BCUT2D eigenvalue weighted by Crippen LogP contribution is 2.19. The second-order valence-corrected chi connectivity index (χ2v) is 7.73. The van der Waals surface area contributed by atoms with Crippen molar-refractivity contribution in [1.29, 1.82) is 0 Å². The first kappa shape index (κ1) is 21.6. The molecule has 32 heavy (non-hydrogen) atoms. The summed E-state index contributed by atoms with van der Waals surface area (Å²) < 4.78 is 43.0. The highest BCUT2D eigenvalue weighted by atomic mass is 79.9. The Bertz CT molecular complexity index is 1360. The van der Waals surface area contributed by atoms with Crippen molar-refractivity contribution in [2.75, 3.05) is 5.32 Å². The van der Waals surface area contributed by atoms with Crippen LogP contribution in [0.25, 0.3) is 5.65 Å². The number of carbonyl (C=O) groups excluding carboxylic acids is 2. The fraction of sp³-hybridized carbons (Fsp3) is 0.0455. The van der Waals surface area contributed by atoms with Crippen LogP contribution in [-0.2, 0) is 6.54 Å². The molecule has 2 heterocycles. The van der Waals surface area contributed by atoms with Gasteiger partial charge in [0.15, 0.2) is 11.6 Å². The van der Waals surface area contributed by atoms with Gasteiger partial charge in [-0.05, 0) is 48.0 Å². The third-order valence-corrected chi connectivity index (χ3v) is 5.06. The lowest BCUT2D eigenvalue weighted by Crippen LogP contribution is -2.23. The van der Waals surface area contributed by atoms with E-state index in [0.717, 1.165) is 22.7 Å². The summed E-state index contributed by atoms with van der Waals surface area (Å²) in [6.07, 6.45) is 3.20. The van der Waals surface area contributed by atoms with Crippen LogP contribution in [0.15, 0.2) is 65.4 Å². The zero-order valence-corrected chi connectivity index (χ0v) is 17.8. The summed E-state index contributed by atoms with van der Waals surface area (Å²) in [5, 5.41) is 4.95. The summed E-state index contributed by atoms with van der Waals surface area (Å²) in [5.41, 5.74) is 0.814. The Hall–Kier alpha value is -3.66. The molecule has 0 saturated heterocycles. The Morgan fingerprint density at radius 2 is 1.72 bits per heavy atom. The second-order valence-electron chi connectivity index (χ2n) is 6.82. The molecule has 0 aliphatic rings. The average molecular weight is 503 g/mol. The van der Waals surface area contributed by atoms with E-state index in [1.807, 2.05) is 0 Å². The summed E-state index contributed by atoms with van der Waals surface area (Å²) in [5.74, 6) is -3.98. The van der Waals surface area contributed by atoms with Crippen molar-refractivity contribution in [3.8, 4) is 0 Å². The van der Waals surface area contributed by atoms with E-state index in [-0.39, 0.29) is 23.5 Å². The van der Waals surface area contributed by atoms with Crippen LogP contribution in [0, 0.1) is 17.5 Å². The van der Waals surface area contributed by atoms with E-state index in [2.05, 4.69) is 31.5 Å². The maximum absolute atomic E-state index is 14.2. The Morgan fingerprint density at radius 3 is 2.50 bits per heavy atom. The van der Waals surface area contributed by atoms with Gasteiger partial charge in [0.1, 0.15) is 17.2 Å². The van der Waals surface area contributed by atoms with Crippen LogP contribution in [0.1, 0.15) is 26.4 Å². The number of imidazole rings is 1. The lowest BCUT2D eigenvalue weighted by atomic mass is 10.1. The first-order valence-electron chi connectivity index (χ1n) is 9.27. The molecule has 162 valence electrons. The van der Waals surface area contributed by atoms with Crippen LogP contribution in [0.3, 0.4) is 0 Å². The number of hydrogen-bond donors (Lipinski definition) is 2. The molecule has 0 aliphatic carbocycles. The molecule has 0 radical (unpaired) electrons. The second kappa shape index (κ2) is 8.83. The number of hydrogen-bond acceptors (Lipinski definition) is 3. The Labute approximate surface area is 188 Å². The molecule has 0 fully saturated rings. The summed E-state index contributed by atoms with van der Waals surface area (Å²) in [7, 11) is 0. The van der Waals surface area contributed by atoms with E-state index in [9.17, 15) is 22.8 Å². The number of nitrogens with zero attached hydrogens (tertiary/aromatic N) is 2. The van der Waals surface area contributed by atoms with Crippen molar-refractivity contribution in [3.05, 3.63) is 99.7 Å². The van der Waals surface area contributed by atoms with Gasteiger partial charge in [0, 0.05) is 29.0 Å². The lowest BCUT2D eigenvalue weighted by molar-refractivity contribution is 0.0949. The van der Waals surface area contributed by atoms with Gasteiger partial charge in [-0.15, -0.1) is 0 Å². The Kier molecular flexibility index (Phi) is 5.95. The van der Waals surface area contributed by atoms with E-state index in [1.165, 1.54) is 24.4 Å². The number of rotatable bonds is 5. The van der Waals surface area contributed by atoms with E-state index < -0.39 is 29.3 Å². The van der Waals surface area contributed by atoms with Crippen LogP contribution < -0.4 is 10.6 Å². The maximum atomic E-state index is 14.2. The minimum Gasteiger partial charge on any atom is -0.348 e. The summed E-state index contributed by atoms with van der Waals surface area (Å²) in [6, 6.07) is 10.2. The number of anilines is 1. The molecule has 0 bridgehead atoms. The number of aromatic nitrogens is 2. The minimum atomic E-state index is -1.03. The van der Waals surface area contributed by atoms with Gasteiger partial charge < -0.3 is 15.0 Å². The molecule has 4 rings (SSSR count). The standard InChI is InChI=1S/C22H14BrF3N4O2/c23-14-5-6-30-11-19(28-20(30)9-14)22(32)29-18-8-13(2-4-16(18)25)21(31)27-10-12-1-3-15(24)17(26)7-12/h1-9,11H,10H2,(H,27,31)(H,29,32). The van der Waals surface area contributed by atoms with Crippen molar-refractivity contribution in [3.63, 3.8) is 0 Å². The third-order valence-electron chi connectivity index (χ3n) is 4.57. The SMILES string of the molecule is O=C(NCc1ccc(F)c(F)c1)c1ccc(F)c(NC(=O)c2cn3ccc(Br)cc3n2)c1. The smallest absolute Gasteiger partial charge is 0.275 e. The molecule has 0 saturated carbocycles. The van der Waals surface area contributed by atoms with Crippen molar-refractivity contribution in [1.82, 2.24) is 14.7 Å². The van der Waals surface area contributed by atoms with Gasteiger partial charge in [-0.3, -0.25) is 9.59 Å². The molecule has 6 nitrogen and oxygen atoms in total. The molecule has 0 spiro atoms. The van der Waals surface area contributed by atoms with E-state index >= 15 is 0 Å². The molecule has 2 aromatic carbocycles. The van der Waals surface area contributed by atoms with Crippen molar-refractivity contribution >= 4 is 39.1 Å². The Balaban J connectivity index is 1.48. The number of fused-ring (bicyclic) bond motifs is 1. The summed E-state index contributed by atoms with van der Waals surface area (Å²) in [6.45, 7) is -0.0636. The van der Waals surface area contributed by atoms with E-state index in [1.54, 1.807) is 22.7 Å². The molecule has 2 N–H and O–H groups in total. The number of pyridine rings is 1. The third kappa shape index (κ3) is 4.65. The van der Waals surface area contributed by atoms with Crippen LogP contribution >= 0.6 is 15.9 Å². The monoisotopic (exact) mass is 502 g/mol. The number of halogens is 4. The average Bonchev–Trinajstić information content (AvgIpc) is 3.19. The maximum Gasteiger partial charge on any atom is 0.275 e. The van der Waals surface area contributed by atoms with Crippen LogP contribution in [0.4, 0.5) is 18.9 Å². The fourth-order valence-electron chi connectivity index (χ4n) is 2.95. The van der Waals surface area contributed by atoms with Gasteiger partial charge in [0.25, 0.3) is 11.8 Å². The van der Waals surface area contributed by atoms with Gasteiger partial charge in [-0.1, -0.05) is 22.0 Å². The molecular weight excluding hydrogens is 489 g/mol. The minimum absolute atomic E-state index is 0.0636. The molecule has 0 aliphatic heterocycles. The zero-order chi connectivity index (χ0) is 22.8. The molecule has 2 amide bonds. The predicted octanol–water partition coefficient (Wildman–Crippen LogP) is 4.70. The number of benzene rings is 2. The molecule has 0 unspecified atom stereocenters. The van der Waals surface area contributed by atoms with Gasteiger partial charge >= 0.3 is 0 Å². The quantitative estimate of drug-likeness (QED) is 0.415. The molecule has 0 atom stereocenters. The first-order valence-corrected chi connectivity index (χ1v) is 10.1. The molecule has 10 heteroatoms. The summed E-state index contributed by atoms with van der Waals surface area (Å²) in [4.78, 5) is 29.1. The predicted molar refractivity (Wildman–Crippen MR) is 115 cm³/mol. The van der Waals surface area contributed by atoms with Crippen molar-refractivity contribution in [2.45, 2.75) is 6.54 Å². The Morgan fingerprint density at radius 1 is 0.938 bits per heavy atom. The highest BCUT2D eigenvalue weighted by Gasteiger charge is 2.16. The van der Waals surface area contributed by atoms with Gasteiger partial charge in [0.05, 0.1) is 5.69 Å². The van der Waals surface area contributed by atoms with Gasteiger partial charge in [0.2, 0.25) is 0 Å². The number of amides is 2. The topological polar surface area (TPSA) is 75.5 Å². The number of nitrogens with one attached hydrogen (secondary N) is 2. The fourth-order valence-corrected chi connectivity index (χ4v) is 3.27. The van der Waals surface area contributed by atoms with Gasteiger partial charge in [-0.2, -0.15) is 0 Å². The van der Waals surface area contributed by atoms with E-state index in [4.69, 9.17) is 0 Å². The molecule has 2 aromatic heterocycles. The van der Waals surface area contributed by atoms with E-state index in [0.29, 0.717) is 11.2 Å². The normalized spacial score (nSPS) is 10.9. The largest absolute Gasteiger partial charge is 0.348 e. The number of carbonyl (C=O) groups is 2. The van der Waals surface area contributed by atoms with Crippen LogP contribution in [0.2, 0.25) is 0 Å². The first-order chi connectivity index (χ1) is 15.3. The molecule has 4 aromatic rings. The van der Waals surface area contributed by atoms with Crippen LogP contribution in [0.5, 0.6) is 0 Å². The summed E-state index contributed by atoms with van der Waals surface area (Å²) >= 11 is 3.32. The van der Waals surface area contributed by atoms with Crippen molar-refractivity contribution in [2.24, 2.45) is 0 Å². The van der Waals surface area contributed by atoms with Crippen LogP contribution in [-0.4, -0.2) is 21.2 Å². The zero-order valence-electron chi connectivity index (χ0n) is 16.2. The van der Waals surface area contributed by atoms with Crippen molar-refractivity contribution < 1.29 is 22.8 Å².